The normalized spacial score (nSPS) is 12.8. The van der Waals surface area contributed by atoms with Crippen molar-refractivity contribution in [3.8, 4) is 0 Å². The Balaban J connectivity index is 3.74. The van der Waals surface area contributed by atoms with Gasteiger partial charge in [-0.2, -0.15) is 0 Å². The monoisotopic (exact) mass is 243 g/mol. The van der Waals surface area contributed by atoms with Crippen LogP contribution in [0.2, 0.25) is 0 Å². The zero-order valence-corrected chi connectivity index (χ0v) is 11.0. The van der Waals surface area contributed by atoms with Gasteiger partial charge in [0.05, 0.1) is 18.7 Å². The van der Waals surface area contributed by atoms with Crippen LogP contribution in [0.1, 0.15) is 58.8 Å². The van der Waals surface area contributed by atoms with E-state index in [0.29, 0.717) is 13.0 Å². The molecule has 0 bridgehead atoms. The van der Waals surface area contributed by atoms with Crippen molar-refractivity contribution < 1.29 is 14.7 Å². The summed E-state index contributed by atoms with van der Waals surface area (Å²) in [6, 6.07) is 0. The van der Waals surface area contributed by atoms with E-state index in [9.17, 15) is 4.79 Å². The largest absolute Gasteiger partial charge is 0.465 e. The Kier molecular flexibility index (Phi) is 10.7. The lowest BCUT2D eigenvalue weighted by atomic mass is 10.0. The van der Waals surface area contributed by atoms with E-state index in [4.69, 9.17) is 9.94 Å². The SMILES string of the molecule is CCCCCCCCC(/C=N\O)C(=O)OCC. The van der Waals surface area contributed by atoms with Crippen LogP contribution < -0.4 is 0 Å². The van der Waals surface area contributed by atoms with E-state index in [0.717, 1.165) is 12.8 Å². The third-order valence-corrected chi connectivity index (χ3v) is 2.70. The van der Waals surface area contributed by atoms with E-state index in [1.165, 1.54) is 31.9 Å². The van der Waals surface area contributed by atoms with Crippen LogP contribution in [-0.2, 0) is 9.53 Å². The van der Waals surface area contributed by atoms with Gasteiger partial charge in [0.25, 0.3) is 0 Å². The van der Waals surface area contributed by atoms with E-state index in [2.05, 4.69) is 12.1 Å². The van der Waals surface area contributed by atoms with E-state index >= 15 is 0 Å². The lowest BCUT2D eigenvalue weighted by Crippen LogP contribution is -2.19. The van der Waals surface area contributed by atoms with Crippen molar-refractivity contribution in [2.24, 2.45) is 11.1 Å². The molecule has 1 N–H and O–H groups in total. The fraction of sp³-hybridized carbons (Fsp3) is 0.846. The molecule has 0 aromatic rings. The molecule has 100 valence electrons. The summed E-state index contributed by atoms with van der Waals surface area (Å²) >= 11 is 0. The predicted molar refractivity (Wildman–Crippen MR) is 68.4 cm³/mol. The molecule has 0 radical (unpaired) electrons. The first-order chi connectivity index (χ1) is 8.26. The molecule has 17 heavy (non-hydrogen) atoms. The van der Waals surface area contributed by atoms with Crippen molar-refractivity contribution in [2.75, 3.05) is 6.61 Å². The Morgan fingerprint density at radius 2 is 1.88 bits per heavy atom. The number of carbonyl (C=O) groups excluding carboxylic acids is 1. The van der Waals surface area contributed by atoms with Crippen LogP contribution in [-0.4, -0.2) is 24.0 Å². The first kappa shape index (κ1) is 15.9. The first-order valence-electron chi connectivity index (χ1n) is 6.60. The van der Waals surface area contributed by atoms with Gasteiger partial charge in [-0.1, -0.05) is 45.4 Å². The number of rotatable bonds is 10. The quantitative estimate of drug-likeness (QED) is 0.210. The highest BCUT2D eigenvalue weighted by molar-refractivity contribution is 5.89. The number of hydrogen-bond donors (Lipinski definition) is 1. The van der Waals surface area contributed by atoms with E-state index < -0.39 is 5.92 Å². The predicted octanol–water partition coefficient (Wildman–Crippen LogP) is 3.38. The van der Waals surface area contributed by atoms with Crippen molar-refractivity contribution >= 4 is 12.2 Å². The summed E-state index contributed by atoms with van der Waals surface area (Å²) in [5.74, 6) is -0.690. The number of unbranched alkanes of at least 4 members (excludes halogenated alkanes) is 5. The van der Waals surface area contributed by atoms with Crippen LogP contribution in [0.3, 0.4) is 0 Å². The lowest BCUT2D eigenvalue weighted by Gasteiger charge is -2.10. The van der Waals surface area contributed by atoms with Crippen LogP contribution >= 0.6 is 0 Å². The second kappa shape index (κ2) is 11.4. The van der Waals surface area contributed by atoms with Gasteiger partial charge in [-0.25, -0.2) is 0 Å². The summed E-state index contributed by atoms with van der Waals surface area (Å²) in [5, 5.41) is 11.4. The number of esters is 1. The third kappa shape index (κ3) is 8.72. The van der Waals surface area contributed by atoms with Gasteiger partial charge in [-0.15, -0.1) is 5.16 Å². The fourth-order valence-electron chi connectivity index (χ4n) is 1.73. The first-order valence-corrected chi connectivity index (χ1v) is 6.60. The molecule has 4 nitrogen and oxygen atoms in total. The highest BCUT2D eigenvalue weighted by Gasteiger charge is 2.17. The molecule has 0 aromatic heterocycles. The third-order valence-electron chi connectivity index (χ3n) is 2.70. The van der Waals surface area contributed by atoms with Crippen LogP contribution in [0.15, 0.2) is 5.16 Å². The Hall–Kier alpha value is -1.06. The minimum atomic E-state index is -0.397. The minimum absolute atomic E-state index is 0.293. The molecule has 0 saturated heterocycles. The maximum absolute atomic E-state index is 11.5. The summed E-state index contributed by atoms with van der Waals surface area (Å²) in [6.45, 7) is 4.33. The number of nitrogens with zero attached hydrogens (tertiary/aromatic N) is 1. The molecule has 0 saturated carbocycles. The number of oxime groups is 1. The molecule has 0 fully saturated rings. The second-order valence-electron chi connectivity index (χ2n) is 4.18. The zero-order valence-electron chi connectivity index (χ0n) is 11.0. The summed E-state index contributed by atoms with van der Waals surface area (Å²) in [5.41, 5.74) is 0. The number of hydrogen-bond acceptors (Lipinski definition) is 4. The molecule has 4 heteroatoms. The number of ether oxygens (including phenoxy) is 1. The summed E-state index contributed by atoms with van der Waals surface area (Å²) < 4.78 is 4.91. The molecule has 0 aliphatic carbocycles. The van der Waals surface area contributed by atoms with Gasteiger partial charge >= 0.3 is 5.97 Å². The Bertz CT molecular complexity index is 217. The second-order valence-corrected chi connectivity index (χ2v) is 4.18. The van der Waals surface area contributed by atoms with Crippen LogP contribution in [0, 0.1) is 5.92 Å². The molecule has 0 aliphatic heterocycles. The average molecular weight is 243 g/mol. The topological polar surface area (TPSA) is 58.9 Å². The zero-order chi connectivity index (χ0) is 12.9. The molecule has 0 aliphatic rings. The molecular formula is C13H25NO3. The molecule has 0 amide bonds. The highest BCUT2D eigenvalue weighted by Crippen LogP contribution is 2.12. The smallest absolute Gasteiger partial charge is 0.314 e. The van der Waals surface area contributed by atoms with Crippen LogP contribution in [0.25, 0.3) is 0 Å². The lowest BCUT2D eigenvalue weighted by molar-refractivity contribution is -0.145. The Morgan fingerprint density at radius 1 is 1.24 bits per heavy atom. The molecule has 1 unspecified atom stereocenters. The maximum atomic E-state index is 11.5. The maximum Gasteiger partial charge on any atom is 0.314 e. The molecule has 0 rings (SSSR count). The van der Waals surface area contributed by atoms with Crippen molar-refractivity contribution in [2.45, 2.75) is 58.8 Å². The van der Waals surface area contributed by atoms with E-state index in [1.54, 1.807) is 6.92 Å². The van der Waals surface area contributed by atoms with Gasteiger partial charge in [0.2, 0.25) is 0 Å². The standard InChI is InChI=1S/C13H25NO3/c1-3-5-6-7-8-9-10-12(11-14-16)13(15)17-4-2/h11-12,16H,3-10H2,1-2H3/b14-11-. The minimum Gasteiger partial charge on any atom is -0.465 e. The molecule has 1 atom stereocenters. The van der Waals surface area contributed by atoms with Crippen LogP contribution in [0.4, 0.5) is 0 Å². The summed E-state index contributed by atoms with van der Waals surface area (Å²) in [7, 11) is 0. The molecule has 0 spiro atoms. The highest BCUT2D eigenvalue weighted by atomic mass is 16.5. The van der Waals surface area contributed by atoms with E-state index in [-0.39, 0.29) is 5.97 Å². The van der Waals surface area contributed by atoms with Crippen molar-refractivity contribution in [3.05, 3.63) is 0 Å². The summed E-state index contributed by atoms with van der Waals surface area (Å²) in [6.07, 6.45) is 9.05. The molecular weight excluding hydrogens is 218 g/mol. The average Bonchev–Trinajstić information content (AvgIpc) is 2.32. The fourth-order valence-corrected chi connectivity index (χ4v) is 1.73. The van der Waals surface area contributed by atoms with Gasteiger partial charge in [0, 0.05) is 0 Å². The number of carbonyl (C=O) groups is 1. The molecule has 0 aromatic carbocycles. The van der Waals surface area contributed by atoms with Crippen molar-refractivity contribution in [1.82, 2.24) is 0 Å². The van der Waals surface area contributed by atoms with Gasteiger partial charge in [0.15, 0.2) is 0 Å². The van der Waals surface area contributed by atoms with Gasteiger partial charge in [-0.05, 0) is 13.3 Å². The van der Waals surface area contributed by atoms with Gasteiger partial charge in [-0.3, -0.25) is 4.79 Å². The Morgan fingerprint density at radius 3 is 2.47 bits per heavy atom. The Labute approximate surface area is 104 Å². The van der Waals surface area contributed by atoms with Crippen molar-refractivity contribution in [3.63, 3.8) is 0 Å². The summed E-state index contributed by atoms with van der Waals surface area (Å²) in [4.78, 5) is 11.5. The van der Waals surface area contributed by atoms with Crippen LogP contribution in [0.5, 0.6) is 0 Å². The van der Waals surface area contributed by atoms with Crippen molar-refractivity contribution in [1.29, 1.82) is 0 Å². The van der Waals surface area contributed by atoms with E-state index in [1.807, 2.05) is 0 Å². The molecule has 0 heterocycles. The van der Waals surface area contributed by atoms with Gasteiger partial charge < -0.3 is 9.94 Å². The van der Waals surface area contributed by atoms with Gasteiger partial charge in [0.1, 0.15) is 0 Å².